The number of halogens is 3. The molecule has 11 heteroatoms. The number of rotatable bonds is 8. The van der Waals surface area contributed by atoms with E-state index in [9.17, 15) is 22.5 Å². The molecule has 0 atom stereocenters. The minimum Gasteiger partial charge on any atom is -0.497 e. The first-order valence-electron chi connectivity index (χ1n) is 7.46. The normalized spacial score (nSPS) is 10.6. The average molecular weight is 400 g/mol. The van der Waals surface area contributed by atoms with Crippen LogP contribution in [0.3, 0.4) is 0 Å². The molecule has 1 N–H and O–H groups in total. The monoisotopic (exact) mass is 400 g/mol. The molecule has 0 aliphatic carbocycles. The van der Waals surface area contributed by atoms with Crippen molar-refractivity contribution in [1.29, 1.82) is 0 Å². The summed E-state index contributed by atoms with van der Waals surface area (Å²) in [5.74, 6) is -1.69. The van der Waals surface area contributed by atoms with E-state index >= 15 is 0 Å². The van der Waals surface area contributed by atoms with Gasteiger partial charge < -0.3 is 14.8 Å². The predicted octanol–water partition coefficient (Wildman–Crippen LogP) is 4.06. The standard InChI is InChI=1S/C11H12F3NO3.C4H10O3P/c1-17-6-7-3-8(5-9(4-7)18-2)15-10(16)11(12,13)14;1-3-6-8(5)7-4-2/h3-5H,6H2,1-2H3,(H,15,16);3-4H2,1-2H3/q;+1. The van der Waals surface area contributed by atoms with Crippen molar-refractivity contribution < 1.29 is 41.1 Å². The van der Waals surface area contributed by atoms with Crippen LogP contribution < -0.4 is 10.1 Å². The summed E-state index contributed by atoms with van der Waals surface area (Å²) in [6, 6.07) is 4.28. The first-order valence-corrected chi connectivity index (χ1v) is 8.55. The van der Waals surface area contributed by atoms with Gasteiger partial charge in [0.25, 0.3) is 0 Å². The lowest BCUT2D eigenvalue weighted by Crippen LogP contribution is -2.29. The van der Waals surface area contributed by atoms with Crippen LogP contribution >= 0.6 is 8.25 Å². The lowest BCUT2D eigenvalue weighted by atomic mass is 10.2. The largest absolute Gasteiger partial charge is 0.697 e. The third-order valence-electron chi connectivity index (χ3n) is 2.50. The van der Waals surface area contributed by atoms with Crippen LogP contribution in [-0.4, -0.2) is 39.5 Å². The van der Waals surface area contributed by atoms with Crippen LogP contribution in [0.4, 0.5) is 18.9 Å². The number of ether oxygens (including phenoxy) is 2. The van der Waals surface area contributed by atoms with Crippen molar-refractivity contribution in [3.8, 4) is 5.75 Å². The molecule has 1 aromatic carbocycles. The van der Waals surface area contributed by atoms with Crippen molar-refractivity contribution in [2.24, 2.45) is 0 Å². The van der Waals surface area contributed by atoms with Crippen LogP contribution in [0.25, 0.3) is 0 Å². The SMILES string of the molecule is CCO[P+](=O)OCC.COCc1cc(NC(=O)C(F)(F)F)cc(OC)c1. The molecule has 0 heterocycles. The maximum absolute atomic E-state index is 12.1. The Kier molecular flexibility index (Phi) is 11.7. The van der Waals surface area contributed by atoms with Crippen LogP contribution in [0.2, 0.25) is 0 Å². The van der Waals surface area contributed by atoms with Gasteiger partial charge in [-0.15, -0.1) is 9.05 Å². The lowest BCUT2D eigenvalue weighted by molar-refractivity contribution is -0.167. The van der Waals surface area contributed by atoms with E-state index in [0.717, 1.165) is 0 Å². The third kappa shape index (κ3) is 10.3. The molecular weight excluding hydrogens is 378 g/mol. The fourth-order valence-corrected chi connectivity index (χ4v) is 2.05. The van der Waals surface area contributed by atoms with Crippen molar-refractivity contribution in [3.63, 3.8) is 0 Å². The maximum Gasteiger partial charge on any atom is 0.697 e. The highest BCUT2D eigenvalue weighted by Crippen LogP contribution is 2.24. The molecule has 0 saturated carbocycles. The summed E-state index contributed by atoms with van der Waals surface area (Å²) in [7, 11) is 0.997. The fourth-order valence-electron chi connectivity index (χ4n) is 1.55. The molecule has 0 radical (unpaired) electrons. The average Bonchev–Trinajstić information content (AvgIpc) is 2.55. The van der Waals surface area contributed by atoms with Gasteiger partial charge in [0, 0.05) is 23.4 Å². The van der Waals surface area contributed by atoms with Crippen LogP contribution in [0.15, 0.2) is 18.2 Å². The summed E-state index contributed by atoms with van der Waals surface area (Å²) >= 11 is 0. The molecule has 0 spiro atoms. The van der Waals surface area contributed by atoms with Gasteiger partial charge in [-0.1, -0.05) is 0 Å². The topological polar surface area (TPSA) is 83.1 Å². The van der Waals surface area contributed by atoms with E-state index in [1.54, 1.807) is 25.2 Å². The zero-order valence-corrected chi connectivity index (χ0v) is 15.8. The first kappa shape index (κ1) is 24.3. The molecule has 0 aliphatic heterocycles. The second kappa shape index (κ2) is 12.6. The highest BCUT2D eigenvalue weighted by atomic mass is 31.1. The highest BCUT2D eigenvalue weighted by molar-refractivity contribution is 7.33. The number of hydrogen-bond donors (Lipinski definition) is 1. The Morgan fingerprint density at radius 3 is 2.12 bits per heavy atom. The van der Waals surface area contributed by atoms with E-state index in [2.05, 4.69) is 9.05 Å². The van der Waals surface area contributed by atoms with Crippen LogP contribution in [0.1, 0.15) is 19.4 Å². The summed E-state index contributed by atoms with van der Waals surface area (Å²) in [6.45, 7) is 4.62. The van der Waals surface area contributed by atoms with Gasteiger partial charge >= 0.3 is 20.3 Å². The number of carbonyl (C=O) groups excluding carboxylic acids is 1. The van der Waals surface area contributed by atoms with Crippen LogP contribution in [-0.2, 0) is 29.8 Å². The van der Waals surface area contributed by atoms with Gasteiger partial charge in [0.1, 0.15) is 19.0 Å². The molecule has 0 saturated heterocycles. The van der Waals surface area contributed by atoms with E-state index in [1.165, 1.54) is 26.4 Å². The van der Waals surface area contributed by atoms with Crippen LogP contribution in [0.5, 0.6) is 5.75 Å². The molecule has 26 heavy (non-hydrogen) atoms. The number of hydrogen-bond acceptors (Lipinski definition) is 6. The smallest absolute Gasteiger partial charge is 0.497 e. The Morgan fingerprint density at radius 2 is 1.69 bits per heavy atom. The van der Waals surface area contributed by atoms with E-state index in [-0.39, 0.29) is 12.3 Å². The number of benzene rings is 1. The molecule has 148 valence electrons. The minimum atomic E-state index is -4.93. The summed E-state index contributed by atoms with van der Waals surface area (Å²) < 4.78 is 65.6. The summed E-state index contributed by atoms with van der Waals surface area (Å²) in [4.78, 5) is 10.8. The van der Waals surface area contributed by atoms with Gasteiger partial charge in [0.2, 0.25) is 0 Å². The Bertz CT molecular complexity index is 575. The van der Waals surface area contributed by atoms with Gasteiger partial charge in [-0.3, -0.25) is 4.79 Å². The Hall–Kier alpha value is -1.74. The zero-order valence-electron chi connectivity index (χ0n) is 14.9. The quantitative estimate of drug-likeness (QED) is 0.663. The lowest BCUT2D eigenvalue weighted by Gasteiger charge is -2.11. The van der Waals surface area contributed by atoms with E-state index in [4.69, 9.17) is 9.47 Å². The summed E-state index contributed by atoms with van der Waals surface area (Å²) in [5, 5.41) is 1.76. The third-order valence-corrected chi connectivity index (χ3v) is 3.44. The fraction of sp³-hybridized carbons (Fsp3) is 0.533. The molecule has 0 aliphatic rings. The number of nitrogens with one attached hydrogen (secondary N) is 1. The minimum absolute atomic E-state index is 0.00345. The van der Waals surface area contributed by atoms with Crippen molar-refractivity contribution in [2.45, 2.75) is 26.6 Å². The molecular formula is C15H22F3NO6P+. The number of alkyl halides is 3. The second-order valence-corrected chi connectivity index (χ2v) is 5.48. The van der Waals surface area contributed by atoms with Gasteiger partial charge in [-0.2, -0.15) is 13.2 Å². The molecule has 1 aromatic rings. The second-order valence-electron chi connectivity index (χ2n) is 4.51. The van der Waals surface area contributed by atoms with E-state index in [1.807, 2.05) is 0 Å². The van der Waals surface area contributed by atoms with Gasteiger partial charge in [-0.05, 0) is 31.5 Å². The Morgan fingerprint density at radius 1 is 1.12 bits per heavy atom. The van der Waals surface area contributed by atoms with Gasteiger partial charge in [-0.25, -0.2) is 0 Å². The number of anilines is 1. The van der Waals surface area contributed by atoms with E-state index in [0.29, 0.717) is 24.5 Å². The number of methoxy groups -OCH3 is 2. The Balaban J connectivity index is 0.000000660. The zero-order chi connectivity index (χ0) is 20.2. The molecule has 0 fully saturated rings. The molecule has 1 rings (SSSR count). The first-order chi connectivity index (χ1) is 12.2. The summed E-state index contributed by atoms with van der Waals surface area (Å²) in [6.07, 6.45) is -4.93. The van der Waals surface area contributed by atoms with Gasteiger partial charge in [0.15, 0.2) is 0 Å². The molecule has 0 aromatic heterocycles. The number of amides is 1. The van der Waals surface area contributed by atoms with Gasteiger partial charge in [0.05, 0.1) is 13.7 Å². The van der Waals surface area contributed by atoms with Crippen molar-refractivity contribution in [3.05, 3.63) is 23.8 Å². The molecule has 1 amide bonds. The van der Waals surface area contributed by atoms with Crippen molar-refractivity contribution >= 4 is 19.8 Å². The maximum atomic E-state index is 12.1. The van der Waals surface area contributed by atoms with Crippen molar-refractivity contribution in [1.82, 2.24) is 0 Å². The molecule has 7 nitrogen and oxygen atoms in total. The predicted molar refractivity (Wildman–Crippen MR) is 89.3 cm³/mol. The summed E-state index contributed by atoms with van der Waals surface area (Å²) in [5.41, 5.74) is 0.595. The molecule has 0 unspecified atom stereocenters. The highest BCUT2D eigenvalue weighted by Gasteiger charge is 2.38. The number of carbonyl (C=O) groups is 1. The van der Waals surface area contributed by atoms with E-state index < -0.39 is 20.3 Å². The van der Waals surface area contributed by atoms with Crippen molar-refractivity contribution in [2.75, 3.05) is 32.8 Å². The van der Waals surface area contributed by atoms with Crippen LogP contribution in [0, 0.1) is 0 Å². The Labute approximate surface area is 150 Å². The molecule has 0 bridgehead atoms.